The van der Waals surface area contributed by atoms with Gasteiger partial charge in [-0.2, -0.15) is 0 Å². The lowest BCUT2D eigenvalue weighted by Gasteiger charge is -2.36. The minimum absolute atomic E-state index is 0.113. The molecule has 0 bridgehead atoms. The predicted molar refractivity (Wildman–Crippen MR) is 69.3 cm³/mol. The lowest BCUT2D eigenvalue weighted by atomic mass is 9.75. The van der Waals surface area contributed by atoms with Gasteiger partial charge >= 0.3 is 0 Å². The first-order valence-electron chi connectivity index (χ1n) is 6.51. The van der Waals surface area contributed by atoms with Crippen LogP contribution in [0.2, 0.25) is 0 Å². The molecule has 1 nitrogen and oxygen atoms in total. The molecule has 1 aromatic rings. The molecule has 0 saturated heterocycles. The summed E-state index contributed by atoms with van der Waals surface area (Å²) in [5.74, 6) is 0.883. The summed E-state index contributed by atoms with van der Waals surface area (Å²) >= 11 is 0. The summed E-state index contributed by atoms with van der Waals surface area (Å²) in [6, 6.07) is 10.7. The van der Waals surface area contributed by atoms with Gasteiger partial charge in [-0.25, -0.2) is 0 Å². The molecule has 0 aromatic heterocycles. The molecule has 0 heterocycles. The molecular weight excluding hydrogens is 194 g/mol. The molecule has 0 spiro atoms. The van der Waals surface area contributed by atoms with Crippen LogP contribution in [-0.4, -0.2) is 5.54 Å². The van der Waals surface area contributed by atoms with Crippen molar-refractivity contribution in [1.29, 1.82) is 0 Å². The maximum absolute atomic E-state index is 6.47. The van der Waals surface area contributed by atoms with Crippen molar-refractivity contribution in [3.8, 4) is 0 Å². The third-order valence-electron chi connectivity index (χ3n) is 4.02. The Hall–Kier alpha value is -0.820. The van der Waals surface area contributed by atoms with E-state index >= 15 is 0 Å². The number of hydrogen-bond donors (Lipinski definition) is 1. The highest BCUT2D eigenvalue weighted by Crippen LogP contribution is 2.32. The van der Waals surface area contributed by atoms with Crippen LogP contribution < -0.4 is 5.73 Å². The van der Waals surface area contributed by atoms with Gasteiger partial charge in [-0.05, 0) is 50.0 Å². The van der Waals surface area contributed by atoms with Gasteiger partial charge in [0, 0.05) is 5.54 Å². The van der Waals surface area contributed by atoms with Gasteiger partial charge in [-0.15, -0.1) is 0 Å². The third-order valence-corrected chi connectivity index (χ3v) is 4.02. The Morgan fingerprint density at radius 3 is 2.44 bits per heavy atom. The quantitative estimate of drug-likeness (QED) is 0.823. The van der Waals surface area contributed by atoms with E-state index in [1.165, 1.54) is 31.2 Å². The summed E-state index contributed by atoms with van der Waals surface area (Å²) in [6.07, 6.45) is 7.31. The molecule has 0 aliphatic heterocycles. The van der Waals surface area contributed by atoms with E-state index in [-0.39, 0.29) is 5.54 Å². The highest BCUT2D eigenvalue weighted by molar-refractivity contribution is 5.15. The van der Waals surface area contributed by atoms with Gasteiger partial charge in [-0.1, -0.05) is 37.3 Å². The molecule has 1 fully saturated rings. The maximum atomic E-state index is 6.47. The summed E-state index contributed by atoms with van der Waals surface area (Å²) in [5, 5.41) is 0. The van der Waals surface area contributed by atoms with Gasteiger partial charge in [0.05, 0.1) is 0 Å². The fourth-order valence-electron chi connectivity index (χ4n) is 2.63. The monoisotopic (exact) mass is 217 g/mol. The molecule has 0 atom stereocenters. The van der Waals surface area contributed by atoms with E-state index in [0.29, 0.717) is 0 Å². The second-order valence-corrected chi connectivity index (χ2v) is 5.53. The fraction of sp³-hybridized carbons (Fsp3) is 0.600. The number of aryl methyl sites for hydroxylation is 1. The first-order valence-corrected chi connectivity index (χ1v) is 6.51. The molecule has 2 rings (SSSR count). The van der Waals surface area contributed by atoms with E-state index < -0.39 is 0 Å². The summed E-state index contributed by atoms with van der Waals surface area (Å²) in [5.41, 5.74) is 8.00. The average Bonchev–Trinajstić information content (AvgIpc) is 2.33. The zero-order chi connectivity index (χ0) is 11.4. The van der Waals surface area contributed by atoms with Crippen molar-refractivity contribution in [2.45, 2.75) is 51.0 Å². The van der Waals surface area contributed by atoms with Gasteiger partial charge in [0.1, 0.15) is 0 Å². The van der Waals surface area contributed by atoms with Crippen LogP contribution in [0.5, 0.6) is 0 Å². The second kappa shape index (κ2) is 5.01. The molecule has 1 aliphatic rings. The van der Waals surface area contributed by atoms with E-state index in [4.69, 9.17) is 5.73 Å². The first-order chi connectivity index (χ1) is 7.68. The number of hydrogen-bond acceptors (Lipinski definition) is 1. The summed E-state index contributed by atoms with van der Waals surface area (Å²) in [7, 11) is 0. The van der Waals surface area contributed by atoms with Crippen molar-refractivity contribution in [2.75, 3.05) is 0 Å². The van der Waals surface area contributed by atoms with Gasteiger partial charge in [-0.3, -0.25) is 0 Å². The predicted octanol–water partition coefficient (Wildman–Crippen LogP) is 3.53. The van der Waals surface area contributed by atoms with E-state index in [9.17, 15) is 0 Å². The Morgan fingerprint density at radius 1 is 1.19 bits per heavy atom. The van der Waals surface area contributed by atoms with Crippen molar-refractivity contribution in [2.24, 2.45) is 11.7 Å². The molecule has 1 aliphatic carbocycles. The molecule has 1 saturated carbocycles. The van der Waals surface area contributed by atoms with E-state index in [2.05, 4.69) is 37.3 Å². The van der Waals surface area contributed by atoms with Crippen molar-refractivity contribution < 1.29 is 0 Å². The van der Waals surface area contributed by atoms with E-state index in [1.54, 1.807) is 0 Å². The minimum Gasteiger partial charge on any atom is -0.325 e. The summed E-state index contributed by atoms with van der Waals surface area (Å²) in [4.78, 5) is 0. The van der Waals surface area contributed by atoms with Crippen molar-refractivity contribution in [3.63, 3.8) is 0 Å². The van der Waals surface area contributed by atoms with Crippen molar-refractivity contribution >= 4 is 0 Å². The largest absolute Gasteiger partial charge is 0.325 e. The molecule has 88 valence electrons. The van der Waals surface area contributed by atoms with Gasteiger partial charge in [0.2, 0.25) is 0 Å². The molecule has 1 heteroatoms. The second-order valence-electron chi connectivity index (χ2n) is 5.53. The van der Waals surface area contributed by atoms with E-state index in [1.807, 2.05) is 0 Å². The lowest BCUT2D eigenvalue weighted by Crippen LogP contribution is -2.43. The van der Waals surface area contributed by atoms with E-state index in [0.717, 1.165) is 18.8 Å². The third kappa shape index (κ3) is 3.08. The maximum Gasteiger partial charge on any atom is 0.0157 e. The molecule has 0 amide bonds. The molecule has 0 unspecified atom stereocenters. The van der Waals surface area contributed by atoms with Crippen LogP contribution in [0.4, 0.5) is 0 Å². The number of nitrogens with two attached hydrogens (primary N) is 1. The normalized spacial score (nSPS) is 30.2. The molecule has 16 heavy (non-hydrogen) atoms. The smallest absolute Gasteiger partial charge is 0.0157 e. The topological polar surface area (TPSA) is 26.0 Å². The standard InChI is InChI=1S/C15H23N/c1-13-7-10-15(16,11-8-13)12-9-14-5-3-2-4-6-14/h2-6,13H,7-12,16H2,1H3. The average molecular weight is 217 g/mol. The minimum atomic E-state index is 0.113. The Bertz CT molecular complexity index is 309. The summed E-state index contributed by atoms with van der Waals surface area (Å²) < 4.78 is 0. The van der Waals surface area contributed by atoms with Crippen LogP contribution in [0.1, 0.15) is 44.6 Å². The first kappa shape index (κ1) is 11.7. The fourth-order valence-corrected chi connectivity index (χ4v) is 2.63. The molecule has 2 N–H and O–H groups in total. The Morgan fingerprint density at radius 2 is 1.81 bits per heavy atom. The Balaban J connectivity index is 1.85. The van der Waals surface area contributed by atoms with Crippen LogP contribution in [0, 0.1) is 5.92 Å². The van der Waals surface area contributed by atoms with Crippen molar-refractivity contribution in [1.82, 2.24) is 0 Å². The summed E-state index contributed by atoms with van der Waals surface area (Å²) in [6.45, 7) is 2.34. The molecular formula is C15H23N. The zero-order valence-electron chi connectivity index (χ0n) is 10.3. The van der Waals surface area contributed by atoms with Gasteiger partial charge in [0.25, 0.3) is 0 Å². The molecule has 1 aromatic carbocycles. The van der Waals surface area contributed by atoms with Crippen LogP contribution in [0.15, 0.2) is 30.3 Å². The Kier molecular flexibility index (Phi) is 3.65. The van der Waals surface area contributed by atoms with Crippen molar-refractivity contribution in [3.05, 3.63) is 35.9 Å². The highest BCUT2D eigenvalue weighted by Gasteiger charge is 2.29. The molecule has 0 radical (unpaired) electrons. The SMILES string of the molecule is CC1CCC(N)(CCc2ccccc2)CC1. The van der Waals surface area contributed by atoms with Gasteiger partial charge in [0.15, 0.2) is 0 Å². The Labute approximate surface area is 99.0 Å². The number of benzene rings is 1. The lowest BCUT2D eigenvalue weighted by molar-refractivity contribution is 0.232. The number of rotatable bonds is 3. The van der Waals surface area contributed by atoms with Crippen LogP contribution in [0.25, 0.3) is 0 Å². The van der Waals surface area contributed by atoms with Crippen LogP contribution in [-0.2, 0) is 6.42 Å². The van der Waals surface area contributed by atoms with Gasteiger partial charge < -0.3 is 5.73 Å². The zero-order valence-corrected chi connectivity index (χ0v) is 10.3. The van der Waals surface area contributed by atoms with Crippen LogP contribution in [0.3, 0.4) is 0 Å². The van der Waals surface area contributed by atoms with Crippen LogP contribution >= 0.6 is 0 Å². The highest BCUT2D eigenvalue weighted by atomic mass is 14.7.